The van der Waals surface area contributed by atoms with Gasteiger partial charge in [0.1, 0.15) is 0 Å². The molecule has 0 saturated carbocycles. The number of hydrogen-bond acceptors (Lipinski definition) is 4. The van der Waals surface area contributed by atoms with Crippen molar-refractivity contribution in [3.63, 3.8) is 0 Å². The first-order valence-corrected chi connectivity index (χ1v) is 16.1. The summed E-state index contributed by atoms with van der Waals surface area (Å²) in [4.78, 5) is 10.7. The molecule has 6 heteroatoms. The molecule has 2 heterocycles. The number of allylic oxidation sites excluding steroid dienone is 2. The Balaban J connectivity index is 1.60. The van der Waals surface area contributed by atoms with E-state index in [0.29, 0.717) is 0 Å². The molecule has 0 aliphatic carbocycles. The fraction of sp³-hybridized carbons (Fsp3) is 0.913. The average molecular weight is 439 g/mol. The summed E-state index contributed by atoms with van der Waals surface area (Å²) >= 11 is 0. The Morgan fingerprint density at radius 3 is 1.66 bits per heavy atom. The first-order chi connectivity index (χ1) is 14.1. The van der Waals surface area contributed by atoms with Crippen LogP contribution >= 0.6 is 0 Å². The lowest BCUT2D eigenvalue weighted by atomic mass is 10.1. The van der Waals surface area contributed by atoms with Crippen LogP contribution in [0.25, 0.3) is 0 Å². The Morgan fingerprint density at radius 1 is 0.724 bits per heavy atom. The monoisotopic (exact) mass is 438 g/mol. The summed E-state index contributed by atoms with van der Waals surface area (Å²) in [6.07, 6.45) is 11.2. The van der Waals surface area contributed by atoms with Gasteiger partial charge in [0.15, 0.2) is 0 Å². The van der Waals surface area contributed by atoms with Gasteiger partial charge in [0.05, 0.1) is 9.52 Å². The van der Waals surface area contributed by atoms with Gasteiger partial charge in [0.2, 0.25) is 0 Å². The van der Waals surface area contributed by atoms with Gasteiger partial charge >= 0.3 is 0 Å². The van der Waals surface area contributed by atoms with Crippen molar-refractivity contribution in [1.29, 1.82) is 0 Å². The molecule has 2 fully saturated rings. The molecule has 2 saturated heterocycles. The van der Waals surface area contributed by atoms with E-state index in [1.54, 1.807) is 11.2 Å². The highest BCUT2D eigenvalue weighted by molar-refractivity contribution is 6.44. The molecule has 2 aliphatic rings. The van der Waals surface area contributed by atoms with E-state index in [-0.39, 0.29) is 19.0 Å². The minimum atomic E-state index is -0.0436. The van der Waals surface area contributed by atoms with Gasteiger partial charge < -0.3 is 9.80 Å². The molecule has 0 N–H and O–H groups in total. The predicted octanol–water partition coefficient (Wildman–Crippen LogP) is 2.20. The molecule has 0 aromatic carbocycles. The van der Waals surface area contributed by atoms with Gasteiger partial charge in [-0.05, 0) is 27.9 Å². The first kappa shape index (κ1) is 25.3. The van der Waals surface area contributed by atoms with Crippen molar-refractivity contribution in [3.8, 4) is 0 Å². The summed E-state index contributed by atoms with van der Waals surface area (Å²) in [7, 11) is 4.62. The van der Waals surface area contributed by atoms with E-state index in [9.17, 15) is 0 Å². The summed E-state index contributed by atoms with van der Waals surface area (Å²) in [6, 6.07) is 3.08. The topological polar surface area (TPSA) is 13.0 Å². The van der Waals surface area contributed by atoms with Crippen LogP contribution in [-0.2, 0) is 0 Å². The van der Waals surface area contributed by atoms with Gasteiger partial charge in [-0.2, -0.15) is 0 Å². The highest BCUT2D eigenvalue weighted by Gasteiger charge is 2.29. The van der Waals surface area contributed by atoms with Crippen LogP contribution in [0.5, 0.6) is 0 Å². The summed E-state index contributed by atoms with van der Waals surface area (Å²) in [5, 5.41) is 1.70. The van der Waals surface area contributed by atoms with Crippen LogP contribution in [-0.4, -0.2) is 111 Å². The SMILES string of the molecule is CC=C(C)[SiH2]CCCCCCCC[SiH2]C(N1CCN(C)CC1)N1CCN(C)CC1. The van der Waals surface area contributed by atoms with E-state index in [0.717, 1.165) is 5.79 Å². The van der Waals surface area contributed by atoms with Crippen molar-refractivity contribution in [1.82, 2.24) is 19.6 Å². The fourth-order valence-corrected chi connectivity index (χ4v) is 8.69. The molecule has 29 heavy (non-hydrogen) atoms. The minimum Gasteiger partial charge on any atom is -0.304 e. The predicted molar refractivity (Wildman–Crippen MR) is 136 cm³/mol. The molecule has 2 aliphatic heterocycles. The van der Waals surface area contributed by atoms with E-state index in [1.807, 2.05) is 0 Å². The van der Waals surface area contributed by atoms with Crippen LogP contribution in [0.1, 0.15) is 52.4 Å². The molecule has 4 nitrogen and oxygen atoms in total. The standard InChI is InChI=1S/C23H50N4Si2/c1-5-22(2)28-20-10-8-6-7-9-11-21-29-23(26-16-12-24(3)13-17-26)27-18-14-25(4)15-19-27/h5,23H,6-21,28-29H2,1-4H3. The third-order valence-electron chi connectivity index (χ3n) is 7.19. The molecule has 0 bridgehead atoms. The largest absolute Gasteiger partial charge is 0.304 e. The Labute approximate surface area is 186 Å². The highest BCUT2D eigenvalue weighted by atomic mass is 28.2. The van der Waals surface area contributed by atoms with Crippen molar-refractivity contribution in [2.24, 2.45) is 0 Å². The normalized spacial score (nSPS) is 22.2. The van der Waals surface area contributed by atoms with E-state index in [1.165, 1.54) is 96.9 Å². The molecule has 0 aromatic rings. The van der Waals surface area contributed by atoms with E-state index in [2.05, 4.69) is 53.6 Å². The van der Waals surface area contributed by atoms with E-state index < -0.39 is 0 Å². The third kappa shape index (κ3) is 10.2. The molecule has 0 spiro atoms. The average Bonchev–Trinajstić information content (AvgIpc) is 2.73. The number of hydrogen-bond donors (Lipinski definition) is 0. The molecule has 0 amide bonds. The van der Waals surface area contributed by atoms with Crippen LogP contribution in [0, 0.1) is 0 Å². The Bertz CT molecular complexity index is 422. The van der Waals surface area contributed by atoms with E-state index in [4.69, 9.17) is 0 Å². The molecular weight excluding hydrogens is 388 g/mol. The van der Waals surface area contributed by atoms with Gasteiger partial charge in [0.25, 0.3) is 0 Å². The molecule has 0 aromatic heterocycles. The van der Waals surface area contributed by atoms with Crippen LogP contribution in [0.3, 0.4) is 0 Å². The maximum absolute atomic E-state index is 2.86. The van der Waals surface area contributed by atoms with Crippen LogP contribution in [0.15, 0.2) is 11.3 Å². The zero-order valence-electron chi connectivity index (χ0n) is 20.2. The lowest BCUT2D eigenvalue weighted by molar-refractivity contribution is 0.0311. The number of nitrogens with zero attached hydrogens (tertiary/aromatic N) is 4. The Morgan fingerprint density at radius 2 is 1.17 bits per heavy atom. The number of unbranched alkanes of at least 4 members (excludes halogenated alkanes) is 5. The smallest absolute Gasteiger partial charge is 0.0592 e. The van der Waals surface area contributed by atoms with Gasteiger partial charge in [-0.25, -0.2) is 0 Å². The van der Waals surface area contributed by atoms with Gasteiger partial charge in [-0.1, -0.05) is 61.9 Å². The second-order valence-electron chi connectivity index (χ2n) is 9.66. The Kier molecular flexibility index (Phi) is 13.0. The maximum atomic E-state index is 2.86. The number of piperazine rings is 2. The van der Waals surface area contributed by atoms with Crippen molar-refractivity contribution < 1.29 is 0 Å². The van der Waals surface area contributed by atoms with Crippen molar-refractivity contribution in [2.45, 2.75) is 70.2 Å². The molecule has 0 unspecified atom stereocenters. The summed E-state index contributed by atoms with van der Waals surface area (Å²) in [5.74, 6) is 0.831. The van der Waals surface area contributed by atoms with Crippen molar-refractivity contribution >= 4 is 19.0 Å². The molecular formula is C23H50N4Si2. The van der Waals surface area contributed by atoms with Gasteiger partial charge in [-0.3, -0.25) is 9.80 Å². The van der Waals surface area contributed by atoms with Crippen LogP contribution in [0.2, 0.25) is 12.1 Å². The quantitative estimate of drug-likeness (QED) is 0.323. The molecule has 170 valence electrons. The maximum Gasteiger partial charge on any atom is 0.0592 e. The summed E-state index contributed by atoms with van der Waals surface area (Å²) in [6.45, 7) is 14.7. The van der Waals surface area contributed by atoms with Gasteiger partial charge in [0, 0.05) is 67.7 Å². The highest BCUT2D eigenvalue weighted by Crippen LogP contribution is 2.15. The number of rotatable bonds is 13. The molecule has 2 rings (SSSR count). The van der Waals surface area contributed by atoms with E-state index >= 15 is 0 Å². The zero-order valence-corrected chi connectivity index (χ0v) is 23.0. The lowest BCUT2D eigenvalue weighted by Crippen LogP contribution is -2.61. The minimum absolute atomic E-state index is 0.0436. The second kappa shape index (κ2) is 14.9. The molecule has 0 atom stereocenters. The third-order valence-corrected chi connectivity index (χ3v) is 11.7. The van der Waals surface area contributed by atoms with Crippen molar-refractivity contribution in [2.75, 3.05) is 66.5 Å². The fourth-order valence-electron chi connectivity index (χ4n) is 4.77. The van der Waals surface area contributed by atoms with Gasteiger partial charge in [-0.15, -0.1) is 0 Å². The van der Waals surface area contributed by atoms with Crippen molar-refractivity contribution in [3.05, 3.63) is 11.3 Å². The summed E-state index contributed by atoms with van der Waals surface area (Å²) < 4.78 is 0. The molecule has 0 radical (unpaired) electrons. The van der Waals surface area contributed by atoms with Crippen LogP contribution < -0.4 is 0 Å². The second-order valence-corrected chi connectivity index (χ2v) is 14.0. The zero-order chi connectivity index (χ0) is 20.9. The lowest BCUT2D eigenvalue weighted by Gasteiger charge is -2.46. The summed E-state index contributed by atoms with van der Waals surface area (Å²) in [5.41, 5.74) is 0. The Hall–Kier alpha value is 0.0138. The first-order valence-electron chi connectivity index (χ1n) is 12.6. The number of likely N-dealkylation sites (N-methyl/N-ethyl adjacent to an activating group) is 2. The van der Waals surface area contributed by atoms with Crippen LogP contribution in [0.4, 0.5) is 0 Å².